The van der Waals surface area contributed by atoms with Crippen LogP contribution in [0.5, 0.6) is 0 Å². The van der Waals surface area contributed by atoms with Crippen LogP contribution in [-0.4, -0.2) is 23.6 Å². The van der Waals surface area contributed by atoms with Crippen LogP contribution in [0.25, 0.3) is 0 Å². The maximum absolute atomic E-state index is 14.1. The summed E-state index contributed by atoms with van der Waals surface area (Å²) < 4.78 is 14.1. The van der Waals surface area contributed by atoms with E-state index in [2.05, 4.69) is 10.6 Å². The second-order valence-corrected chi connectivity index (χ2v) is 9.48. The summed E-state index contributed by atoms with van der Waals surface area (Å²) in [6.07, 6.45) is 0.743. The zero-order valence-electron chi connectivity index (χ0n) is 18.7. The third kappa shape index (κ3) is 3.81. The molecule has 0 unspecified atom stereocenters. The van der Waals surface area contributed by atoms with E-state index in [1.54, 1.807) is 30.9 Å². The number of nitrogens with one attached hydrogen (secondary N) is 2. The minimum Gasteiger partial charge on any atom is -0.386 e. The van der Waals surface area contributed by atoms with Gasteiger partial charge in [-0.2, -0.15) is 0 Å². The van der Waals surface area contributed by atoms with Gasteiger partial charge in [-0.15, -0.1) is 0 Å². The Morgan fingerprint density at radius 2 is 1.97 bits per heavy atom. The fourth-order valence-electron chi connectivity index (χ4n) is 4.59. The van der Waals surface area contributed by atoms with Gasteiger partial charge in [0.15, 0.2) is 0 Å². The standard InChI is InChI=1S/C26H23ClFN3O3/c1-26(2,34)15-11-18-22(23(30-24(18)32)17-13-16(28)7-8-19(17)27)20(12-15)29-25(33)31-10-9-14-5-3-4-6-21(14)31/h3-8,11-13,23,34H,9-10H2,1-2H3,(H,29,33)(H,30,32)/t23-/m0/s1. The van der Waals surface area contributed by atoms with Gasteiger partial charge >= 0.3 is 6.03 Å². The highest BCUT2D eigenvalue weighted by Gasteiger charge is 2.36. The highest BCUT2D eigenvalue weighted by Crippen LogP contribution is 2.42. The van der Waals surface area contributed by atoms with E-state index >= 15 is 0 Å². The van der Waals surface area contributed by atoms with Crippen LogP contribution >= 0.6 is 11.6 Å². The number of aliphatic hydroxyl groups is 1. The Hall–Kier alpha value is -3.42. The maximum atomic E-state index is 14.1. The van der Waals surface area contributed by atoms with Gasteiger partial charge < -0.3 is 15.7 Å². The zero-order valence-corrected chi connectivity index (χ0v) is 19.4. The molecule has 0 aliphatic carbocycles. The Bertz CT molecular complexity index is 1340. The number of rotatable bonds is 3. The first-order valence-electron chi connectivity index (χ1n) is 11.0. The highest BCUT2D eigenvalue weighted by atomic mass is 35.5. The van der Waals surface area contributed by atoms with Crippen LogP contribution in [0.3, 0.4) is 0 Å². The van der Waals surface area contributed by atoms with Gasteiger partial charge in [0.25, 0.3) is 5.91 Å². The van der Waals surface area contributed by atoms with Crippen LogP contribution < -0.4 is 15.5 Å². The van der Waals surface area contributed by atoms with Gasteiger partial charge in [-0.1, -0.05) is 29.8 Å². The fraction of sp³-hybridized carbons (Fsp3) is 0.231. The van der Waals surface area contributed by atoms with E-state index in [-0.39, 0.29) is 11.1 Å². The molecule has 0 radical (unpaired) electrons. The number of carbonyl (C=O) groups excluding carboxylic acids is 2. The van der Waals surface area contributed by atoms with Crippen molar-refractivity contribution in [3.63, 3.8) is 0 Å². The molecule has 0 fully saturated rings. The molecule has 0 saturated carbocycles. The Labute approximate surface area is 201 Å². The zero-order chi connectivity index (χ0) is 24.2. The number of amides is 3. The number of hydrogen-bond acceptors (Lipinski definition) is 3. The van der Waals surface area contributed by atoms with Crippen molar-refractivity contribution in [3.05, 3.63) is 93.3 Å². The maximum Gasteiger partial charge on any atom is 0.326 e. The van der Waals surface area contributed by atoms with E-state index in [4.69, 9.17) is 11.6 Å². The molecule has 3 aromatic carbocycles. The molecular weight excluding hydrogens is 457 g/mol. The Morgan fingerprint density at radius 3 is 2.74 bits per heavy atom. The van der Waals surface area contributed by atoms with Gasteiger partial charge in [0.05, 0.1) is 11.6 Å². The molecule has 0 spiro atoms. The second kappa shape index (κ2) is 8.11. The first-order chi connectivity index (χ1) is 16.1. The van der Waals surface area contributed by atoms with Crippen LogP contribution in [0.2, 0.25) is 5.02 Å². The molecule has 2 heterocycles. The molecule has 0 aromatic heterocycles. The SMILES string of the molecule is CC(C)(O)c1cc(NC(=O)N2CCc3ccccc32)c2c(c1)C(=O)N[C@H]2c1cc(F)ccc1Cl. The van der Waals surface area contributed by atoms with Crippen molar-refractivity contribution in [2.75, 3.05) is 16.8 Å². The molecule has 6 nitrogen and oxygen atoms in total. The largest absolute Gasteiger partial charge is 0.386 e. The molecule has 3 N–H and O–H groups in total. The molecule has 8 heteroatoms. The summed E-state index contributed by atoms with van der Waals surface area (Å²) in [6, 6.07) is 13.8. The monoisotopic (exact) mass is 479 g/mol. The molecule has 174 valence electrons. The number of hydrogen-bond donors (Lipinski definition) is 3. The van der Waals surface area contributed by atoms with Gasteiger partial charge in [0, 0.05) is 39.6 Å². The molecule has 34 heavy (non-hydrogen) atoms. The van der Waals surface area contributed by atoms with Gasteiger partial charge in [-0.25, -0.2) is 9.18 Å². The Morgan fingerprint density at radius 1 is 1.21 bits per heavy atom. The lowest BCUT2D eigenvalue weighted by molar-refractivity contribution is 0.0785. The number of benzene rings is 3. The third-order valence-corrected chi connectivity index (χ3v) is 6.68. The van der Waals surface area contributed by atoms with E-state index in [9.17, 15) is 19.1 Å². The number of fused-ring (bicyclic) bond motifs is 2. The van der Waals surface area contributed by atoms with E-state index in [0.717, 1.165) is 17.7 Å². The minimum absolute atomic E-state index is 0.289. The summed E-state index contributed by atoms with van der Waals surface area (Å²) in [5.41, 5.74) is 2.62. The second-order valence-electron chi connectivity index (χ2n) is 9.08. The van der Waals surface area contributed by atoms with Gasteiger partial charge in [0.1, 0.15) is 5.82 Å². The Kier molecular flexibility index (Phi) is 5.34. The van der Waals surface area contributed by atoms with Crippen LogP contribution in [0.1, 0.15) is 52.5 Å². The highest BCUT2D eigenvalue weighted by molar-refractivity contribution is 6.31. The van der Waals surface area contributed by atoms with Crippen LogP contribution in [0, 0.1) is 5.82 Å². The van der Waals surface area contributed by atoms with Crippen LogP contribution in [0.4, 0.5) is 20.6 Å². The predicted octanol–water partition coefficient (Wildman–Crippen LogP) is 5.13. The van der Waals surface area contributed by atoms with Crippen LogP contribution in [0.15, 0.2) is 54.6 Å². The summed E-state index contributed by atoms with van der Waals surface area (Å²) in [5, 5.41) is 16.7. The van der Waals surface area contributed by atoms with E-state index in [1.165, 1.54) is 18.2 Å². The molecule has 3 aromatic rings. The number of anilines is 2. The average molecular weight is 480 g/mol. The Balaban J connectivity index is 1.61. The van der Waals surface area contributed by atoms with Gasteiger partial charge in [0.2, 0.25) is 0 Å². The lowest BCUT2D eigenvalue weighted by Gasteiger charge is -2.24. The number of halogens is 2. The van der Waals surface area contributed by atoms with E-state index in [0.29, 0.717) is 34.5 Å². The van der Waals surface area contributed by atoms with Gasteiger partial charge in [-0.05, 0) is 67.8 Å². The van der Waals surface area contributed by atoms with Crippen molar-refractivity contribution >= 4 is 34.9 Å². The predicted molar refractivity (Wildman–Crippen MR) is 129 cm³/mol. The molecule has 5 rings (SSSR count). The summed E-state index contributed by atoms with van der Waals surface area (Å²) in [6.45, 7) is 3.73. The van der Waals surface area contributed by atoms with Crippen molar-refractivity contribution < 1.29 is 19.1 Å². The summed E-state index contributed by atoms with van der Waals surface area (Å²) in [4.78, 5) is 27.9. The lowest BCUT2D eigenvalue weighted by Crippen LogP contribution is -2.34. The van der Waals surface area contributed by atoms with Crippen molar-refractivity contribution in [1.29, 1.82) is 0 Å². The summed E-state index contributed by atoms with van der Waals surface area (Å²) >= 11 is 6.36. The number of urea groups is 1. The molecular formula is C26H23ClFN3O3. The topological polar surface area (TPSA) is 81.7 Å². The first-order valence-corrected chi connectivity index (χ1v) is 11.3. The third-order valence-electron chi connectivity index (χ3n) is 6.34. The quantitative estimate of drug-likeness (QED) is 0.487. The fourth-order valence-corrected chi connectivity index (χ4v) is 4.82. The summed E-state index contributed by atoms with van der Waals surface area (Å²) in [7, 11) is 0. The normalized spacial score (nSPS) is 16.8. The van der Waals surface area contributed by atoms with Gasteiger partial charge in [-0.3, -0.25) is 9.69 Å². The molecule has 2 aliphatic rings. The van der Waals surface area contributed by atoms with Crippen molar-refractivity contribution in [1.82, 2.24) is 5.32 Å². The van der Waals surface area contributed by atoms with E-state index < -0.39 is 23.4 Å². The number of para-hydroxylation sites is 1. The molecule has 1 atom stereocenters. The molecule has 0 saturated heterocycles. The molecule has 3 amide bonds. The minimum atomic E-state index is -1.26. The molecule has 2 aliphatic heterocycles. The van der Waals surface area contributed by atoms with Crippen molar-refractivity contribution in [3.8, 4) is 0 Å². The number of nitrogens with zero attached hydrogens (tertiary/aromatic N) is 1. The van der Waals surface area contributed by atoms with Crippen molar-refractivity contribution in [2.24, 2.45) is 0 Å². The lowest BCUT2D eigenvalue weighted by atomic mass is 9.90. The first kappa shape index (κ1) is 22.4. The average Bonchev–Trinajstić information content (AvgIpc) is 3.36. The number of carbonyl (C=O) groups is 2. The van der Waals surface area contributed by atoms with Crippen molar-refractivity contribution in [2.45, 2.75) is 31.9 Å². The van der Waals surface area contributed by atoms with Crippen LogP contribution in [-0.2, 0) is 12.0 Å². The summed E-state index contributed by atoms with van der Waals surface area (Å²) in [5.74, 6) is -0.886. The van der Waals surface area contributed by atoms with E-state index in [1.807, 2.05) is 24.3 Å². The smallest absolute Gasteiger partial charge is 0.326 e. The molecule has 0 bridgehead atoms.